The lowest BCUT2D eigenvalue weighted by Crippen LogP contribution is -2.55. The minimum Gasteiger partial charge on any atom is -0.444 e. The first-order valence-corrected chi connectivity index (χ1v) is 13.9. The number of aryl methyl sites for hydroxylation is 1. The summed E-state index contributed by atoms with van der Waals surface area (Å²) in [6, 6.07) is 6.03. The molecule has 0 aliphatic carbocycles. The predicted molar refractivity (Wildman–Crippen MR) is 150 cm³/mol. The van der Waals surface area contributed by atoms with E-state index >= 15 is 0 Å². The maximum absolute atomic E-state index is 14.1. The molecule has 7 nitrogen and oxygen atoms in total. The summed E-state index contributed by atoms with van der Waals surface area (Å²) in [5.74, 6) is -0.698. The summed E-state index contributed by atoms with van der Waals surface area (Å²) < 4.78 is 5.44. The topological polar surface area (TPSA) is 87.7 Å². The van der Waals surface area contributed by atoms with Crippen molar-refractivity contribution in [2.24, 2.45) is 5.92 Å². The third-order valence-corrected chi connectivity index (χ3v) is 6.02. The standard InChI is InChI=1S/C30H51N3O4/c1-10-11-12-13-14-15-20-33(28(35)25(21(2)3)32-29(36)37-30(7,8)9)26(27(34)31-22(4)5)24-18-16-23(6)17-19-24/h16-19,21-22,25-26H,10-15,20H2,1-9H3,(H,31,34)(H,32,36). The molecule has 0 bridgehead atoms. The predicted octanol–water partition coefficient (Wildman–Crippen LogP) is 6.30. The van der Waals surface area contributed by atoms with Gasteiger partial charge in [-0.2, -0.15) is 0 Å². The molecule has 0 aliphatic heterocycles. The SMILES string of the molecule is CCCCCCCCN(C(=O)C(NC(=O)OC(C)(C)C)C(C)C)C(C(=O)NC(C)C)c1ccc(C)cc1. The van der Waals surface area contributed by atoms with Crippen LogP contribution < -0.4 is 10.6 Å². The highest BCUT2D eigenvalue weighted by molar-refractivity contribution is 5.92. The van der Waals surface area contributed by atoms with Crippen LogP contribution in [-0.4, -0.2) is 47.0 Å². The summed E-state index contributed by atoms with van der Waals surface area (Å²) in [5, 5.41) is 5.79. The van der Waals surface area contributed by atoms with E-state index < -0.39 is 23.8 Å². The minimum atomic E-state index is -0.824. The molecule has 0 aromatic heterocycles. The summed E-state index contributed by atoms with van der Waals surface area (Å²) in [6.07, 6.45) is 5.73. The Hall–Kier alpha value is -2.57. The Morgan fingerprint density at radius 1 is 0.892 bits per heavy atom. The monoisotopic (exact) mass is 517 g/mol. The smallest absolute Gasteiger partial charge is 0.408 e. The van der Waals surface area contributed by atoms with Gasteiger partial charge in [-0.1, -0.05) is 82.7 Å². The van der Waals surface area contributed by atoms with Crippen LogP contribution in [0, 0.1) is 12.8 Å². The Labute approximate surface area is 225 Å². The molecule has 1 aromatic carbocycles. The molecular weight excluding hydrogens is 466 g/mol. The van der Waals surface area contributed by atoms with Gasteiger partial charge in [0, 0.05) is 12.6 Å². The van der Waals surface area contributed by atoms with Crippen LogP contribution in [0.2, 0.25) is 0 Å². The average Bonchev–Trinajstić information content (AvgIpc) is 2.77. The van der Waals surface area contributed by atoms with Crippen molar-refractivity contribution in [1.29, 1.82) is 0 Å². The number of alkyl carbamates (subject to hydrolysis) is 1. The van der Waals surface area contributed by atoms with Gasteiger partial charge in [0.25, 0.3) is 0 Å². The summed E-state index contributed by atoms with van der Waals surface area (Å²) in [7, 11) is 0. The molecule has 2 unspecified atom stereocenters. The Bertz CT molecular complexity index is 843. The largest absolute Gasteiger partial charge is 0.444 e. The molecule has 0 fully saturated rings. The first-order chi connectivity index (χ1) is 17.3. The van der Waals surface area contributed by atoms with E-state index in [9.17, 15) is 14.4 Å². The number of amides is 3. The second-order valence-corrected chi connectivity index (χ2v) is 11.6. The number of nitrogens with zero attached hydrogens (tertiary/aromatic N) is 1. The van der Waals surface area contributed by atoms with Crippen molar-refractivity contribution in [1.82, 2.24) is 15.5 Å². The molecule has 0 saturated carbocycles. The van der Waals surface area contributed by atoms with E-state index in [1.165, 1.54) is 12.8 Å². The molecule has 1 rings (SSSR count). The van der Waals surface area contributed by atoms with Gasteiger partial charge in [-0.3, -0.25) is 9.59 Å². The summed E-state index contributed by atoms with van der Waals surface area (Å²) in [6.45, 7) is 17.5. The molecule has 210 valence electrons. The van der Waals surface area contributed by atoms with Gasteiger partial charge in [0.15, 0.2) is 0 Å². The molecule has 0 aliphatic rings. The van der Waals surface area contributed by atoms with Gasteiger partial charge in [0.2, 0.25) is 11.8 Å². The second kappa shape index (κ2) is 15.6. The number of benzene rings is 1. The molecule has 0 radical (unpaired) electrons. The van der Waals surface area contributed by atoms with Crippen LogP contribution in [0.5, 0.6) is 0 Å². The van der Waals surface area contributed by atoms with Crippen LogP contribution in [0.1, 0.15) is 111 Å². The zero-order valence-electron chi connectivity index (χ0n) is 24.6. The van der Waals surface area contributed by atoms with Crippen molar-refractivity contribution < 1.29 is 19.1 Å². The van der Waals surface area contributed by atoms with Crippen LogP contribution in [0.15, 0.2) is 24.3 Å². The van der Waals surface area contributed by atoms with Gasteiger partial charge < -0.3 is 20.3 Å². The number of hydrogen-bond donors (Lipinski definition) is 2. The molecule has 2 atom stereocenters. The van der Waals surface area contributed by atoms with Gasteiger partial charge in [-0.15, -0.1) is 0 Å². The van der Waals surface area contributed by atoms with Crippen LogP contribution in [0.3, 0.4) is 0 Å². The van der Waals surface area contributed by atoms with Gasteiger partial charge in [-0.05, 0) is 59.4 Å². The van der Waals surface area contributed by atoms with Gasteiger partial charge in [0.05, 0.1) is 0 Å². The van der Waals surface area contributed by atoms with Crippen molar-refractivity contribution in [2.45, 2.75) is 125 Å². The molecule has 0 saturated heterocycles. The fourth-order valence-corrected chi connectivity index (χ4v) is 4.14. The molecule has 3 amide bonds. The van der Waals surface area contributed by atoms with Crippen molar-refractivity contribution in [3.63, 3.8) is 0 Å². The zero-order chi connectivity index (χ0) is 28.2. The fourth-order valence-electron chi connectivity index (χ4n) is 4.14. The lowest BCUT2D eigenvalue weighted by molar-refractivity contribution is -0.143. The fraction of sp³-hybridized carbons (Fsp3) is 0.700. The van der Waals surface area contributed by atoms with E-state index in [1.807, 2.05) is 58.9 Å². The van der Waals surface area contributed by atoms with Crippen molar-refractivity contribution in [2.75, 3.05) is 6.54 Å². The molecule has 1 aromatic rings. The van der Waals surface area contributed by atoms with E-state index in [0.717, 1.165) is 36.8 Å². The van der Waals surface area contributed by atoms with Crippen LogP contribution in [0.25, 0.3) is 0 Å². The summed E-state index contributed by atoms with van der Waals surface area (Å²) >= 11 is 0. The number of carbonyl (C=O) groups is 3. The highest BCUT2D eigenvalue weighted by atomic mass is 16.6. The Balaban J connectivity index is 3.37. The lowest BCUT2D eigenvalue weighted by Gasteiger charge is -2.36. The normalized spacial score (nSPS) is 13.3. The summed E-state index contributed by atoms with van der Waals surface area (Å²) in [5.41, 5.74) is 1.14. The number of ether oxygens (including phenoxy) is 1. The number of unbranched alkanes of at least 4 members (excludes halogenated alkanes) is 5. The lowest BCUT2D eigenvalue weighted by atomic mass is 9.97. The van der Waals surface area contributed by atoms with Gasteiger partial charge in [0.1, 0.15) is 17.7 Å². The number of hydrogen-bond acceptors (Lipinski definition) is 4. The first-order valence-electron chi connectivity index (χ1n) is 13.9. The molecular formula is C30H51N3O4. The van der Waals surface area contributed by atoms with Crippen LogP contribution >= 0.6 is 0 Å². The zero-order valence-corrected chi connectivity index (χ0v) is 24.6. The number of carbonyl (C=O) groups excluding carboxylic acids is 3. The highest BCUT2D eigenvalue weighted by Crippen LogP contribution is 2.25. The van der Waals surface area contributed by atoms with Crippen molar-refractivity contribution >= 4 is 17.9 Å². The molecule has 37 heavy (non-hydrogen) atoms. The molecule has 7 heteroatoms. The molecule has 0 heterocycles. The van der Waals surface area contributed by atoms with Gasteiger partial charge in [-0.25, -0.2) is 4.79 Å². The maximum atomic E-state index is 14.1. The third kappa shape index (κ3) is 12.0. The maximum Gasteiger partial charge on any atom is 0.408 e. The van der Waals surface area contributed by atoms with Crippen molar-refractivity contribution in [3.05, 3.63) is 35.4 Å². The average molecular weight is 518 g/mol. The quantitative estimate of drug-likeness (QED) is 0.284. The van der Waals surface area contributed by atoms with E-state index in [1.54, 1.807) is 25.7 Å². The first kappa shape index (κ1) is 32.5. The van der Waals surface area contributed by atoms with Crippen molar-refractivity contribution in [3.8, 4) is 0 Å². The molecule has 0 spiro atoms. The third-order valence-electron chi connectivity index (χ3n) is 6.02. The Morgan fingerprint density at radius 3 is 1.97 bits per heavy atom. The number of rotatable bonds is 14. The van der Waals surface area contributed by atoms with E-state index in [4.69, 9.17) is 4.74 Å². The Morgan fingerprint density at radius 2 is 1.46 bits per heavy atom. The van der Waals surface area contributed by atoms with Crippen LogP contribution in [0.4, 0.5) is 4.79 Å². The molecule has 2 N–H and O–H groups in total. The van der Waals surface area contributed by atoms with E-state index in [2.05, 4.69) is 17.6 Å². The van der Waals surface area contributed by atoms with Crippen LogP contribution in [-0.2, 0) is 14.3 Å². The van der Waals surface area contributed by atoms with E-state index in [0.29, 0.717) is 6.54 Å². The Kier molecular flexibility index (Phi) is 13.7. The summed E-state index contributed by atoms with van der Waals surface area (Å²) in [4.78, 5) is 41.9. The number of nitrogens with one attached hydrogen (secondary N) is 2. The van der Waals surface area contributed by atoms with Gasteiger partial charge >= 0.3 is 6.09 Å². The van der Waals surface area contributed by atoms with E-state index in [-0.39, 0.29) is 23.8 Å². The second-order valence-electron chi connectivity index (χ2n) is 11.6. The highest BCUT2D eigenvalue weighted by Gasteiger charge is 2.37. The minimum absolute atomic E-state index is 0.0766.